The summed E-state index contributed by atoms with van der Waals surface area (Å²) in [6.45, 7) is 1.75. The minimum atomic E-state index is -3.86. The molecule has 0 aliphatic heterocycles. The van der Waals surface area contributed by atoms with E-state index in [4.69, 9.17) is 14.2 Å². The first-order valence-corrected chi connectivity index (χ1v) is 11.5. The van der Waals surface area contributed by atoms with Gasteiger partial charge in [0.25, 0.3) is 10.0 Å². The molecule has 0 heterocycles. The van der Waals surface area contributed by atoms with E-state index >= 15 is 0 Å². The molecule has 0 fully saturated rings. The van der Waals surface area contributed by atoms with Crippen molar-refractivity contribution in [2.75, 3.05) is 14.2 Å². The van der Waals surface area contributed by atoms with Crippen molar-refractivity contribution in [2.24, 2.45) is 5.10 Å². The third-order valence-corrected chi connectivity index (χ3v) is 5.99. The maximum absolute atomic E-state index is 12.4. The van der Waals surface area contributed by atoms with Crippen LogP contribution in [0.15, 0.2) is 70.7 Å². The highest BCUT2D eigenvalue weighted by atomic mass is 32.2. The molecule has 0 aliphatic rings. The average Bonchev–Trinajstić information content (AvgIpc) is 2.83. The van der Waals surface area contributed by atoms with E-state index in [1.165, 1.54) is 50.8 Å². The zero-order valence-corrected chi connectivity index (χ0v) is 19.5. The number of ether oxygens (including phenoxy) is 3. The van der Waals surface area contributed by atoms with Gasteiger partial charge in [0.1, 0.15) is 18.1 Å². The summed E-state index contributed by atoms with van der Waals surface area (Å²) in [5, 5.41) is 15.1. The van der Waals surface area contributed by atoms with E-state index < -0.39 is 14.9 Å². The van der Waals surface area contributed by atoms with E-state index in [2.05, 4.69) is 9.93 Å². The van der Waals surface area contributed by atoms with Gasteiger partial charge in [0.2, 0.25) is 0 Å². The number of hydrazone groups is 1. The highest BCUT2D eigenvalue weighted by molar-refractivity contribution is 7.89. The summed E-state index contributed by atoms with van der Waals surface area (Å²) >= 11 is 0. The van der Waals surface area contributed by atoms with Crippen LogP contribution in [0.5, 0.6) is 17.2 Å². The molecule has 0 saturated heterocycles. The molecule has 0 radical (unpaired) electrons. The van der Waals surface area contributed by atoms with Crippen molar-refractivity contribution >= 4 is 21.9 Å². The lowest BCUT2D eigenvalue weighted by Crippen LogP contribution is -2.18. The quantitative estimate of drug-likeness (QED) is 0.263. The van der Waals surface area contributed by atoms with Crippen molar-refractivity contribution in [3.8, 4) is 17.2 Å². The van der Waals surface area contributed by atoms with Gasteiger partial charge in [-0.05, 0) is 66.6 Å². The van der Waals surface area contributed by atoms with Crippen LogP contribution in [0.3, 0.4) is 0 Å². The van der Waals surface area contributed by atoms with E-state index in [1.807, 2.05) is 0 Å². The second kappa shape index (κ2) is 10.7. The fourth-order valence-electron chi connectivity index (χ4n) is 3.02. The molecular formula is C23H23N3O7S. The van der Waals surface area contributed by atoms with Crippen molar-refractivity contribution in [3.05, 3.63) is 87.5 Å². The molecule has 0 saturated carbocycles. The zero-order chi connectivity index (χ0) is 24.7. The molecule has 11 heteroatoms. The van der Waals surface area contributed by atoms with Crippen LogP contribution in [0.1, 0.15) is 16.7 Å². The minimum absolute atomic E-state index is 0.00761. The lowest BCUT2D eigenvalue weighted by Gasteiger charge is -2.11. The first-order valence-electron chi connectivity index (χ1n) is 9.97. The van der Waals surface area contributed by atoms with Crippen molar-refractivity contribution in [3.63, 3.8) is 0 Å². The third-order valence-electron chi connectivity index (χ3n) is 4.76. The van der Waals surface area contributed by atoms with Crippen LogP contribution in [0.25, 0.3) is 0 Å². The summed E-state index contributed by atoms with van der Waals surface area (Å²) < 4.78 is 40.8. The summed E-state index contributed by atoms with van der Waals surface area (Å²) in [6.07, 6.45) is 1.33. The number of nitrogens with zero attached hydrogens (tertiary/aromatic N) is 2. The second-order valence-corrected chi connectivity index (χ2v) is 8.78. The topological polar surface area (TPSA) is 129 Å². The number of nitro groups is 1. The highest BCUT2D eigenvalue weighted by Crippen LogP contribution is 2.30. The number of rotatable bonds is 10. The number of aryl methyl sites for hydroxylation is 1. The Morgan fingerprint density at radius 3 is 2.35 bits per heavy atom. The molecule has 3 aromatic carbocycles. The van der Waals surface area contributed by atoms with Gasteiger partial charge in [0.05, 0.1) is 30.3 Å². The Morgan fingerprint density at radius 1 is 1.00 bits per heavy atom. The number of hydrogen-bond acceptors (Lipinski definition) is 8. The van der Waals surface area contributed by atoms with E-state index in [1.54, 1.807) is 37.3 Å². The molecule has 34 heavy (non-hydrogen) atoms. The Kier molecular flexibility index (Phi) is 7.69. The molecule has 0 aliphatic carbocycles. The maximum Gasteiger partial charge on any atom is 0.311 e. The Balaban J connectivity index is 1.75. The first kappa shape index (κ1) is 24.5. The molecule has 1 N–H and O–H groups in total. The molecule has 0 unspecified atom stereocenters. The van der Waals surface area contributed by atoms with E-state index in [0.29, 0.717) is 22.6 Å². The smallest absolute Gasteiger partial charge is 0.311 e. The van der Waals surface area contributed by atoms with Crippen LogP contribution < -0.4 is 19.0 Å². The van der Waals surface area contributed by atoms with Gasteiger partial charge in [-0.25, -0.2) is 4.83 Å². The predicted molar refractivity (Wildman–Crippen MR) is 126 cm³/mol. The normalized spacial score (nSPS) is 11.3. The summed E-state index contributed by atoms with van der Waals surface area (Å²) in [6, 6.07) is 15.6. The standard InChI is InChI=1S/C23H23N3O7S/c1-16-4-10-23(21(12-16)26(27)28)33-15-18-13-17(5-11-22(18)32-3)14-24-25-34(29,30)20-8-6-19(31-2)7-9-20/h4-14,25H,15H2,1-3H3/b24-14-. The molecule has 0 spiro atoms. The van der Waals surface area contributed by atoms with Gasteiger partial charge in [-0.2, -0.15) is 13.5 Å². The van der Waals surface area contributed by atoms with Gasteiger partial charge in [0.15, 0.2) is 5.75 Å². The fraction of sp³-hybridized carbons (Fsp3) is 0.174. The van der Waals surface area contributed by atoms with Crippen molar-refractivity contribution < 1.29 is 27.6 Å². The van der Waals surface area contributed by atoms with E-state index in [9.17, 15) is 18.5 Å². The largest absolute Gasteiger partial charge is 0.497 e. The lowest BCUT2D eigenvalue weighted by molar-refractivity contribution is -0.386. The van der Waals surface area contributed by atoms with Crippen molar-refractivity contribution in [1.82, 2.24) is 4.83 Å². The summed E-state index contributed by atoms with van der Waals surface area (Å²) in [5.41, 5.74) is 1.77. The van der Waals surface area contributed by atoms with Gasteiger partial charge in [-0.15, -0.1) is 0 Å². The van der Waals surface area contributed by atoms with Crippen LogP contribution in [0, 0.1) is 17.0 Å². The zero-order valence-electron chi connectivity index (χ0n) is 18.7. The van der Waals surface area contributed by atoms with Gasteiger partial charge in [0, 0.05) is 11.6 Å². The molecule has 0 aromatic heterocycles. The SMILES string of the molecule is COc1ccc(S(=O)(=O)N/N=C\c2ccc(OC)c(COc3ccc(C)cc3[N+](=O)[O-])c2)cc1. The number of nitrogens with one attached hydrogen (secondary N) is 1. The summed E-state index contributed by atoms with van der Waals surface area (Å²) in [5.74, 6) is 1.17. The van der Waals surface area contributed by atoms with Crippen LogP contribution >= 0.6 is 0 Å². The summed E-state index contributed by atoms with van der Waals surface area (Å²) in [4.78, 5) is 13.0. The predicted octanol–water partition coefficient (Wildman–Crippen LogP) is 3.81. The maximum atomic E-state index is 12.4. The molecule has 0 atom stereocenters. The van der Waals surface area contributed by atoms with E-state index in [-0.39, 0.29) is 22.9 Å². The first-order chi connectivity index (χ1) is 16.2. The van der Waals surface area contributed by atoms with Gasteiger partial charge in [-0.3, -0.25) is 10.1 Å². The molecule has 10 nitrogen and oxygen atoms in total. The fourth-order valence-corrected chi connectivity index (χ4v) is 3.81. The Hall–Kier alpha value is -4.12. The van der Waals surface area contributed by atoms with Crippen molar-refractivity contribution in [1.29, 1.82) is 0 Å². The van der Waals surface area contributed by atoms with E-state index in [0.717, 1.165) is 5.56 Å². The lowest BCUT2D eigenvalue weighted by atomic mass is 10.1. The summed E-state index contributed by atoms with van der Waals surface area (Å²) in [7, 11) is -0.879. The third kappa shape index (κ3) is 6.01. The number of nitro benzene ring substituents is 1. The number of hydrogen-bond donors (Lipinski definition) is 1. The number of methoxy groups -OCH3 is 2. The van der Waals surface area contributed by atoms with Crippen LogP contribution in [0.2, 0.25) is 0 Å². The molecule has 0 bridgehead atoms. The molecule has 3 aromatic rings. The number of sulfonamides is 1. The second-order valence-electron chi connectivity index (χ2n) is 7.12. The molecular weight excluding hydrogens is 462 g/mol. The van der Waals surface area contributed by atoms with Gasteiger partial charge in [-0.1, -0.05) is 6.07 Å². The average molecular weight is 486 g/mol. The highest BCUT2D eigenvalue weighted by Gasteiger charge is 2.16. The van der Waals surface area contributed by atoms with Crippen LogP contribution in [-0.2, 0) is 16.6 Å². The Labute approximate surface area is 197 Å². The van der Waals surface area contributed by atoms with Gasteiger partial charge < -0.3 is 14.2 Å². The Morgan fingerprint density at radius 2 is 1.71 bits per heavy atom. The van der Waals surface area contributed by atoms with Crippen LogP contribution in [-0.4, -0.2) is 33.8 Å². The molecule has 3 rings (SSSR count). The van der Waals surface area contributed by atoms with Crippen LogP contribution in [0.4, 0.5) is 5.69 Å². The van der Waals surface area contributed by atoms with Crippen molar-refractivity contribution in [2.45, 2.75) is 18.4 Å². The monoisotopic (exact) mass is 485 g/mol. The Bertz CT molecular complexity index is 1310. The molecule has 178 valence electrons. The number of benzene rings is 3. The van der Waals surface area contributed by atoms with Gasteiger partial charge >= 0.3 is 5.69 Å². The minimum Gasteiger partial charge on any atom is -0.497 e. The molecule has 0 amide bonds.